The average Bonchev–Trinajstić information content (AvgIpc) is 3.17. The summed E-state index contributed by atoms with van der Waals surface area (Å²) in [4.78, 5) is 31.0. The highest BCUT2D eigenvalue weighted by Crippen LogP contribution is 2.35. The number of likely N-dealkylation sites (N-methyl/N-ethyl adjacent to an activating group) is 1. The molecule has 0 saturated heterocycles. The number of hydrogen-bond donors (Lipinski definition) is 4. The molecule has 6 N–H and O–H groups in total. The van der Waals surface area contributed by atoms with Crippen LogP contribution in [0.2, 0.25) is 0 Å². The Balaban J connectivity index is 1.47. The van der Waals surface area contributed by atoms with Gasteiger partial charge in [0, 0.05) is 19.5 Å². The molecule has 10 nitrogen and oxygen atoms in total. The fourth-order valence-electron chi connectivity index (χ4n) is 3.17. The van der Waals surface area contributed by atoms with Gasteiger partial charge in [0.15, 0.2) is 0 Å². The molecule has 4 rings (SSSR count). The number of ether oxygens (including phenoxy) is 1. The highest BCUT2D eigenvalue weighted by atomic mass is 16.5. The summed E-state index contributed by atoms with van der Waals surface area (Å²) in [6.07, 6.45) is 0.507. The molecular weight excluding hydrogens is 386 g/mol. The van der Waals surface area contributed by atoms with E-state index in [0.717, 1.165) is 5.56 Å². The SMILES string of the molecule is CN1C(=O)C(NC(=O)c2n[nH]c(Cc3ccccc3)n2)COc2cc(N)c(N)cc21. The zero-order valence-electron chi connectivity index (χ0n) is 16.3. The second-order valence-corrected chi connectivity index (χ2v) is 6.95. The standard InChI is InChI=1S/C20H21N7O3/c1-27-15-8-12(21)13(22)9-16(15)30-10-14(20(27)29)23-19(28)18-24-17(25-26-18)7-11-5-3-2-4-6-11/h2-6,8-9,14H,7,10,21-22H2,1H3,(H,23,28)(H,24,25,26). The van der Waals surface area contributed by atoms with Gasteiger partial charge in [0.25, 0.3) is 11.8 Å². The van der Waals surface area contributed by atoms with Crippen molar-refractivity contribution in [3.05, 3.63) is 59.7 Å². The van der Waals surface area contributed by atoms with E-state index in [-0.39, 0.29) is 18.3 Å². The maximum Gasteiger partial charge on any atom is 0.291 e. The molecule has 30 heavy (non-hydrogen) atoms. The number of benzene rings is 2. The quantitative estimate of drug-likeness (QED) is 0.465. The number of nitrogens with zero attached hydrogens (tertiary/aromatic N) is 3. The number of fused-ring (bicyclic) bond motifs is 1. The van der Waals surface area contributed by atoms with Gasteiger partial charge in [-0.1, -0.05) is 30.3 Å². The lowest BCUT2D eigenvalue weighted by Gasteiger charge is -2.20. The first kappa shape index (κ1) is 19.2. The van der Waals surface area contributed by atoms with Crippen LogP contribution < -0.4 is 26.4 Å². The number of amides is 2. The van der Waals surface area contributed by atoms with Crippen LogP contribution in [0.1, 0.15) is 22.0 Å². The first-order valence-corrected chi connectivity index (χ1v) is 9.28. The number of rotatable bonds is 4. The smallest absolute Gasteiger partial charge is 0.291 e. The van der Waals surface area contributed by atoms with Crippen molar-refractivity contribution in [2.75, 3.05) is 30.0 Å². The van der Waals surface area contributed by atoms with Crippen LogP contribution in [-0.4, -0.2) is 46.7 Å². The van der Waals surface area contributed by atoms with Crippen molar-refractivity contribution in [1.82, 2.24) is 20.5 Å². The summed E-state index contributed by atoms with van der Waals surface area (Å²) in [7, 11) is 1.58. The second-order valence-electron chi connectivity index (χ2n) is 6.95. The van der Waals surface area contributed by atoms with Gasteiger partial charge in [-0.2, -0.15) is 0 Å². The van der Waals surface area contributed by atoms with Crippen molar-refractivity contribution < 1.29 is 14.3 Å². The molecule has 1 aliphatic heterocycles. The zero-order valence-corrected chi connectivity index (χ0v) is 16.3. The van der Waals surface area contributed by atoms with Crippen molar-refractivity contribution in [1.29, 1.82) is 0 Å². The number of hydrogen-bond acceptors (Lipinski definition) is 7. The number of aromatic nitrogens is 3. The average molecular weight is 407 g/mol. The van der Waals surface area contributed by atoms with E-state index in [2.05, 4.69) is 20.5 Å². The number of carbonyl (C=O) groups is 2. The third kappa shape index (κ3) is 3.75. The highest BCUT2D eigenvalue weighted by Gasteiger charge is 2.32. The Morgan fingerprint density at radius 3 is 2.77 bits per heavy atom. The zero-order chi connectivity index (χ0) is 21.3. The Hall–Kier alpha value is -4.08. The van der Waals surface area contributed by atoms with Gasteiger partial charge in [-0.15, -0.1) is 5.10 Å². The molecule has 2 heterocycles. The van der Waals surface area contributed by atoms with E-state index in [1.165, 1.54) is 4.90 Å². The Labute approximate surface area is 172 Å². The van der Waals surface area contributed by atoms with E-state index >= 15 is 0 Å². The molecule has 2 amide bonds. The third-order valence-electron chi connectivity index (χ3n) is 4.81. The number of H-pyrrole nitrogens is 1. The van der Waals surface area contributed by atoms with Crippen LogP contribution in [-0.2, 0) is 11.2 Å². The van der Waals surface area contributed by atoms with Crippen LogP contribution in [0.15, 0.2) is 42.5 Å². The van der Waals surface area contributed by atoms with Crippen LogP contribution >= 0.6 is 0 Å². The van der Waals surface area contributed by atoms with Gasteiger partial charge in [-0.25, -0.2) is 4.98 Å². The topological polar surface area (TPSA) is 152 Å². The fraction of sp³-hybridized carbons (Fsp3) is 0.200. The van der Waals surface area contributed by atoms with Crippen LogP contribution in [0.25, 0.3) is 0 Å². The summed E-state index contributed by atoms with van der Waals surface area (Å²) in [6.45, 7) is -0.0629. The largest absolute Gasteiger partial charge is 0.489 e. The summed E-state index contributed by atoms with van der Waals surface area (Å²) >= 11 is 0. The maximum absolute atomic E-state index is 12.8. The molecule has 1 unspecified atom stereocenters. The highest BCUT2D eigenvalue weighted by molar-refractivity contribution is 6.03. The van der Waals surface area contributed by atoms with Crippen molar-refractivity contribution in [2.45, 2.75) is 12.5 Å². The first-order chi connectivity index (χ1) is 14.4. The van der Waals surface area contributed by atoms with Gasteiger partial charge in [-0.05, 0) is 11.6 Å². The van der Waals surface area contributed by atoms with Crippen molar-refractivity contribution in [2.24, 2.45) is 0 Å². The minimum Gasteiger partial charge on any atom is -0.489 e. The Morgan fingerprint density at radius 1 is 1.27 bits per heavy atom. The van der Waals surface area contributed by atoms with Gasteiger partial charge in [0.1, 0.15) is 24.2 Å². The monoisotopic (exact) mass is 407 g/mol. The summed E-state index contributed by atoms with van der Waals surface area (Å²) in [5.74, 6) is -0.0218. The molecule has 2 aromatic carbocycles. The Kier molecular flexibility index (Phi) is 4.97. The second kappa shape index (κ2) is 7.74. The number of anilines is 3. The van der Waals surface area contributed by atoms with E-state index in [4.69, 9.17) is 16.2 Å². The van der Waals surface area contributed by atoms with Crippen LogP contribution in [0.3, 0.4) is 0 Å². The van der Waals surface area contributed by atoms with Crippen molar-refractivity contribution in [3.8, 4) is 5.75 Å². The number of nitrogens with one attached hydrogen (secondary N) is 2. The Bertz CT molecular complexity index is 1100. The molecule has 0 fully saturated rings. The molecule has 0 saturated carbocycles. The summed E-state index contributed by atoms with van der Waals surface area (Å²) in [6, 6.07) is 11.9. The molecule has 0 radical (unpaired) electrons. The minimum absolute atomic E-state index is 0.0494. The van der Waals surface area contributed by atoms with Gasteiger partial charge < -0.3 is 26.4 Å². The minimum atomic E-state index is -0.923. The molecule has 10 heteroatoms. The molecule has 3 aromatic rings. The molecule has 0 bridgehead atoms. The van der Waals surface area contributed by atoms with Gasteiger partial charge in [0.2, 0.25) is 5.82 Å². The molecule has 0 spiro atoms. The molecule has 154 valence electrons. The van der Waals surface area contributed by atoms with E-state index in [0.29, 0.717) is 35.1 Å². The summed E-state index contributed by atoms with van der Waals surface area (Å²) in [5.41, 5.74) is 13.9. The molecule has 1 atom stereocenters. The van der Waals surface area contributed by atoms with Crippen LogP contribution in [0, 0.1) is 0 Å². The fourth-order valence-corrected chi connectivity index (χ4v) is 3.17. The maximum atomic E-state index is 12.8. The van der Waals surface area contributed by atoms with Crippen molar-refractivity contribution in [3.63, 3.8) is 0 Å². The normalized spacial score (nSPS) is 15.8. The molecular formula is C20H21N7O3. The third-order valence-corrected chi connectivity index (χ3v) is 4.81. The number of aromatic amines is 1. The molecule has 0 aliphatic carbocycles. The van der Waals surface area contributed by atoms with Gasteiger partial charge in [0.05, 0.1) is 17.1 Å². The summed E-state index contributed by atoms with van der Waals surface area (Å²) in [5, 5.41) is 9.35. The van der Waals surface area contributed by atoms with Crippen LogP contribution in [0.5, 0.6) is 5.75 Å². The van der Waals surface area contributed by atoms with Gasteiger partial charge in [-0.3, -0.25) is 14.7 Å². The number of nitrogens with two attached hydrogens (primary N) is 2. The number of carbonyl (C=O) groups excluding carboxylic acids is 2. The summed E-state index contributed by atoms with van der Waals surface area (Å²) < 4.78 is 5.70. The van der Waals surface area contributed by atoms with E-state index in [1.807, 2.05) is 30.3 Å². The lowest BCUT2D eigenvalue weighted by Crippen LogP contribution is -2.49. The Morgan fingerprint density at radius 2 is 2.00 bits per heavy atom. The first-order valence-electron chi connectivity index (χ1n) is 9.28. The predicted octanol–water partition coefficient (Wildman–Crippen LogP) is 0.714. The number of nitrogen functional groups attached to an aromatic ring is 2. The predicted molar refractivity (Wildman–Crippen MR) is 111 cm³/mol. The van der Waals surface area contributed by atoms with E-state index in [9.17, 15) is 9.59 Å². The van der Waals surface area contributed by atoms with E-state index in [1.54, 1.807) is 19.2 Å². The van der Waals surface area contributed by atoms with Gasteiger partial charge >= 0.3 is 0 Å². The molecule has 1 aromatic heterocycles. The lowest BCUT2D eigenvalue weighted by atomic mass is 10.1. The van der Waals surface area contributed by atoms with Crippen LogP contribution in [0.4, 0.5) is 17.1 Å². The molecule has 1 aliphatic rings. The van der Waals surface area contributed by atoms with Crippen molar-refractivity contribution >= 4 is 28.9 Å². The van der Waals surface area contributed by atoms with E-state index < -0.39 is 11.9 Å². The lowest BCUT2D eigenvalue weighted by molar-refractivity contribution is -0.120.